The molecule has 3 rings (SSSR count). The van der Waals surface area contributed by atoms with Crippen LogP contribution in [0.4, 0.5) is 5.82 Å². The van der Waals surface area contributed by atoms with E-state index in [0.29, 0.717) is 22.1 Å². The van der Waals surface area contributed by atoms with Gasteiger partial charge in [0.05, 0.1) is 11.4 Å². The van der Waals surface area contributed by atoms with Crippen molar-refractivity contribution in [3.8, 4) is 11.8 Å². The lowest BCUT2D eigenvalue weighted by molar-refractivity contribution is 0.0987. The van der Waals surface area contributed by atoms with E-state index in [4.69, 9.17) is 4.52 Å². The molecule has 120 valence electrons. The van der Waals surface area contributed by atoms with Gasteiger partial charge in [0.1, 0.15) is 16.7 Å². The van der Waals surface area contributed by atoms with Crippen LogP contribution in [-0.2, 0) is 0 Å². The highest BCUT2D eigenvalue weighted by molar-refractivity contribution is 7.98. The molecule has 3 aromatic rings. The number of aromatic nitrogens is 3. The number of anilines is 1. The Hall–Kier alpha value is -3.05. The van der Waals surface area contributed by atoms with Gasteiger partial charge in [-0.2, -0.15) is 10.4 Å². The summed E-state index contributed by atoms with van der Waals surface area (Å²) in [5.41, 5.74) is 1.64. The van der Waals surface area contributed by atoms with E-state index in [1.165, 1.54) is 22.5 Å². The van der Waals surface area contributed by atoms with Crippen LogP contribution in [0.2, 0.25) is 0 Å². The van der Waals surface area contributed by atoms with Crippen LogP contribution in [0.5, 0.6) is 0 Å². The largest absolute Gasteiger partial charge is 0.351 e. The van der Waals surface area contributed by atoms with Crippen LogP contribution in [0.1, 0.15) is 21.8 Å². The lowest BCUT2D eigenvalue weighted by Gasteiger charge is -2.08. The molecule has 8 heteroatoms. The van der Waals surface area contributed by atoms with Gasteiger partial charge in [-0.15, -0.1) is 11.8 Å². The molecule has 0 aliphatic heterocycles. The molecule has 0 unspecified atom stereocenters. The molecule has 2 aromatic heterocycles. The van der Waals surface area contributed by atoms with E-state index in [0.717, 1.165) is 5.69 Å². The smallest absolute Gasteiger partial charge is 0.295 e. The first-order valence-electron chi connectivity index (χ1n) is 7.01. The zero-order valence-corrected chi connectivity index (χ0v) is 13.8. The van der Waals surface area contributed by atoms with Crippen LogP contribution >= 0.6 is 11.8 Å². The van der Waals surface area contributed by atoms with Crippen molar-refractivity contribution in [2.24, 2.45) is 0 Å². The van der Waals surface area contributed by atoms with E-state index in [1.54, 1.807) is 6.92 Å². The van der Waals surface area contributed by atoms with Crippen molar-refractivity contribution in [2.45, 2.75) is 11.9 Å². The van der Waals surface area contributed by atoms with Crippen LogP contribution in [0, 0.1) is 18.3 Å². The number of rotatable bonds is 4. The van der Waals surface area contributed by atoms with Gasteiger partial charge in [-0.25, -0.2) is 4.68 Å². The average Bonchev–Trinajstić information content (AvgIpc) is 3.19. The molecule has 1 N–H and O–H groups in total. The third-order valence-electron chi connectivity index (χ3n) is 3.24. The quantitative estimate of drug-likeness (QED) is 0.734. The topological polar surface area (TPSA) is 96.7 Å². The number of benzene rings is 1. The van der Waals surface area contributed by atoms with E-state index >= 15 is 0 Å². The number of nitrogens with one attached hydrogen (secondary N) is 1. The summed E-state index contributed by atoms with van der Waals surface area (Å²) in [5.74, 6) is -0.119. The number of amides is 1. The van der Waals surface area contributed by atoms with E-state index in [1.807, 2.05) is 36.6 Å². The summed E-state index contributed by atoms with van der Waals surface area (Å²) in [7, 11) is 0. The molecule has 0 saturated heterocycles. The molecular weight excluding hydrogens is 326 g/mol. The highest BCUT2D eigenvalue weighted by Gasteiger charge is 2.22. The zero-order chi connectivity index (χ0) is 17.1. The second-order valence-corrected chi connectivity index (χ2v) is 5.67. The molecule has 7 nitrogen and oxygen atoms in total. The Morgan fingerprint density at radius 1 is 1.38 bits per heavy atom. The normalized spacial score (nSPS) is 10.4. The standard InChI is InChI=1S/C16H13N5O2S/c1-10-8-13(23-20-10)15(22)18-14-12(9-17)16(24-2)19-21(14)11-6-4-3-5-7-11/h3-8H,1-2H3,(H,18,22). The molecule has 0 aliphatic carbocycles. The Morgan fingerprint density at radius 3 is 2.71 bits per heavy atom. The maximum Gasteiger partial charge on any atom is 0.295 e. The van der Waals surface area contributed by atoms with Crippen LogP contribution in [0.15, 0.2) is 45.9 Å². The van der Waals surface area contributed by atoms with Gasteiger partial charge in [0.2, 0.25) is 5.76 Å². The molecule has 2 heterocycles. The Kier molecular flexibility index (Phi) is 4.35. The molecule has 0 radical (unpaired) electrons. The fourth-order valence-corrected chi connectivity index (χ4v) is 2.66. The third kappa shape index (κ3) is 2.89. The Morgan fingerprint density at radius 2 is 2.12 bits per heavy atom. The van der Waals surface area contributed by atoms with Crippen molar-refractivity contribution in [2.75, 3.05) is 11.6 Å². The second-order valence-electron chi connectivity index (χ2n) is 4.88. The van der Waals surface area contributed by atoms with Crippen molar-refractivity contribution >= 4 is 23.5 Å². The SMILES string of the molecule is CSc1nn(-c2ccccc2)c(NC(=O)c2cc(C)no2)c1C#N. The average molecular weight is 339 g/mol. The summed E-state index contributed by atoms with van der Waals surface area (Å²) in [4.78, 5) is 12.4. The second kappa shape index (κ2) is 6.60. The van der Waals surface area contributed by atoms with Crippen LogP contribution in [-0.4, -0.2) is 27.1 Å². The molecule has 24 heavy (non-hydrogen) atoms. The fraction of sp³-hybridized carbons (Fsp3) is 0.125. The first-order valence-corrected chi connectivity index (χ1v) is 8.23. The number of nitriles is 1. The Balaban J connectivity index is 2.06. The highest BCUT2D eigenvalue weighted by atomic mass is 32.2. The summed E-state index contributed by atoms with van der Waals surface area (Å²) in [6.07, 6.45) is 1.82. The number of carbonyl (C=O) groups excluding carboxylic acids is 1. The minimum Gasteiger partial charge on any atom is -0.351 e. The number of hydrogen-bond donors (Lipinski definition) is 1. The van der Waals surface area contributed by atoms with E-state index in [-0.39, 0.29) is 5.76 Å². The Labute approximate surface area is 142 Å². The van der Waals surface area contributed by atoms with Crippen LogP contribution in [0.25, 0.3) is 5.69 Å². The Bertz CT molecular complexity index is 924. The van der Waals surface area contributed by atoms with Crippen LogP contribution < -0.4 is 5.32 Å². The van der Waals surface area contributed by atoms with Gasteiger partial charge in [0, 0.05) is 6.07 Å². The predicted molar refractivity (Wildman–Crippen MR) is 89.3 cm³/mol. The number of aryl methyl sites for hydroxylation is 1. The minimum atomic E-state index is -0.489. The summed E-state index contributed by atoms with van der Waals surface area (Å²) in [5, 5.41) is 20.8. The van der Waals surface area contributed by atoms with Gasteiger partial charge in [-0.05, 0) is 25.3 Å². The first-order chi connectivity index (χ1) is 11.6. The number of hydrogen-bond acceptors (Lipinski definition) is 6. The van der Waals surface area contributed by atoms with Gasteiger partial charge in [0.15, 0.2) is 5.82 Å². The van der Waals surface area contributed by atoms with Crippen molar-refractivity contribution < 1.29 is 9.32 Å². The van der Waals surface area contributed by atoms with Gasteiger partial charge >= 0.3 is 0 Å². The maximum atomic E-state index is 12.4. The van der Waals surface area contributed by atoms with Gasteiger partial charge in [0.25, 0.3) is 5.91 Å². The lowest BCUT2D eigenvalue weighted by Crippen LogP contribution is -2.15. The fourth-order valence-electron chi connectivity index (χ4n) is 2.15. The van der Waals surface area contributed by atoms with E-state index in [2.05, 4.69) is 21.6 Å². The molecule has 1 amide bonds. The third-order valence-corrected chi connectivity index (χ3v) is 3.92. The van der Waals surface area contributed by atoms with Gasteiger partial charge in [-0.1, -0.05) is 23.4 Å². The van der Waals surface area contributed by atoms with Crippen molar-refractivity contribution in [3.05, 3.63) is 53.4 Å². The lowest BCUT2D eigenvalue weighted by atomic mass is 10.3. The van der Waals surface area contributed by atoms with Gasteiger partial charge < -0.3 is 9.84 Å². The molecular formula is C16H13N5O2S. The number of para-hydroxylation sites is 1. The monoisotopic (exact) mass is 339 g/mol. The predicted octanol–water partition coefficient (Wildman–Crippen LogP) is 3.01. The van der Waals surface area contributed by atoms with Crippen molar-refractivity contribution in [1.82, 2.24) is 14.9 Å². The molecule has 0 fully saturated rings. The maximum absolute atomic E-state index is 12.4. The molecule has 0 bridgehead atoms. The zero-order valence-electron chi connectivity index (χ0n) is 13.0. The summed E-state index contributed by atoms with van der Waals surface area (Å²) in [6.45, 7) is 1.72. The van der Waals surface area contributed by atoms with Crippen LogP contribution in [0.3, 0.4) is 0 Å². The summed E-state index contributed by atoms with van der Waals surface area (Å²) in [6, 6.07) is 12.9. The molecule has 0 spiro atoms. The summed E-state index contributed by atoms with van der Waals surface area (Å²) >= 11 is 1.34. The van der Waals surface area contributed by atoms with Gasteiger partial charge in [-0.3, -0.25) is 4.79 Å². The molecule has 0 atom stereocenters. The van der Waals surface area contributed by atoms with E-state index in [9.17, 15) is 10.1 Å². The van der Waals surface area contributed by atoms with Crippen molar-refractivity contribution in [3.63, 3.8) is 0 Å². The first kappa shape index (κ1) is 15.8. The molecule has 0 aliphatic rings. The molecule has 1 aromatic carbocycles. The molecule has 0 saturated carbocycles. The summed E-state index contributed by atoms with van der Waals surface area (Å²) < 4.78 is 6.50. The number of carbonyl (C=O) groups is 1. The minimum absolute atomic E-state index is 0.0721. The number of thioether (sulfide) groups is 1. The van der Waals surface area contributed by atoms with E-state index < -0.39 is 5.91 Å². The highest BCUT2D eigenvalue weighted by Crippen LogP contribution is 2.29. The van der Waals surface area contributed by atoms with Crippen molar-refractivity contribution in [1.29, 1.82) is 5.26 Å². The number of nitrogens with zero attached hydrogens (tertiary/aromatic N) is 4.